The Bertz CT molecular complexity index is 364. The Hall–Kier alpha value is -0.600. The van der Waals surface area contributed by atoms with Crippen LogP contribution in [0.2, 0.25) is 0 Å². The zero-order valence-electron chi connectivity index (χ0n) is 5.95. The lowest BCUT2D eigenvalue weighted by Gasteiger charge is -1.96. The molecule has 2 rings (SSSR count). The molecule has 0 aromatic heterocycles. The first kappa shape index (κ1) is 8.02. The molecule has 1 aromatic rings. The Morgan fingerprint density at radius 2 is 2.33 bits per heavy atom. The first-order valence-electron chi connectivity index (χ1n) is 3.29. The van der Waals surface area contributed by atoms with Gasteiger partial charge in [0.15, 0.2) is 11.5 Å². The quantitative estimate of drug-likeness (QED) is 0.714. The van der Waals surface area contributed by atoms with Crippen LogP contribution < -0.4 is 10.0 Å². The van der Waals surface area contributed by atoms with E-state index in [9.17, 15) is 9.67 Å². The maximum absolute atomic E-state index is 11.3. The molecule has 0 radical (unpaired) electrons. The molecule has 12 heavy (non-hydrogen) atoms. The Kier molecular flexibility index (Phi) is 1.81. The summed E-state index contributed by atoms with van der Waals surface area (Å²) in [5.41, 5.74) is 0. The summed E-state index contributed by atoms with van der Waals surface area (Å²) in [5.74, 6) is 0.558. The van der Waals surface area contributed by atoms with Crippen molar-refractivity contribution >= 4 is 29.0 Å². The largest absolute Gasteiger partial charge is 0.504 e. The normalized spacial score (nSPS) is 17.2. The molecule has 0 bridgehead atoms. The second-order valence-corrected chi connectivity index (χ2v) is 4.71. The summed E-state index contributed by atoms with van der Waals surface area (Å²) in [4.78, 5) is 0. The van der Waals surface area contributed by atoms with Gasteiger partial charge in [-0.3, -0.25) is 0 Å². The van der Waals surface area contributed by atoms with Gasteiger partial charge in [-0.2, -0.15) is 0 Å². The minimum absolute atomic E-state index is 0.0480. The number of ether oxygens (including phenoxy) is 1. The van der Waals surface area contributed by atoms with Gasteiger partial charge < -0.3 is 9.84 Å². The van der Waals surface area contributed by atoms with E-state index < -0.39 is 7.80 Å². The van der Waals surface area contributed by atoms with Crippen LogP contribution in [0.15, 0.2) is 16.6 Å². The van der Waals surface area contributed by atoms with Gasteiger partial charge >= 0.3 is 7.80 Å². The van der Waals surface area contributed by atoms with Gasteiger partial charge in [0.05, 0.1) is 4.47 Å². The third-order valence-corrected chi connectivity index (χ3v) is 3.56. The van der Waals surface area contributed by atoms with E-state index in [0.29, 0.717) is 11.1 Å². The third kappa shape index (κ3) is 1.03. The van der Waals surface area contributed by atoms with Gasteiger partial charge in [-0.1, -0.05) is 4.57 Å². The predicted octanol–water partition coefficient (Wildman–Crippen LogP) is 1.96. The lowest BCUT2D eigenvalue weighted by Crippen LogP contribution is -1.94. The molecule has 0 saturated carbocycles. The highest BCUT2D eigenvalue weighted by Crippen LogP contribution is 2.41. The number of hydrogen-bond acceptors (Lipinski definition) is 3. The topological polar surface area (TPSA) is 46.5 Å². The first-order valence-corrected chi connectivity index (χ1v) is 5.53. The molecule has 1 N–H and O–H groups in total. The third-order valence-electron chi connectivity index (χ3n) is 1.64. The number of phenolic OH excluding ortho intramolecular Hbond substituents is 1. The number of phenols is 1. The van der Waals surface area contributed by atoms with E-state index in [1.165, 1.54) is 6.07 Å². The van der Waals surface area contributed by atoms with Crippen LogP contribution in [0.5, 0.6) is 11.5 Å². The minimum atomic E-state index is -1.57. The Morgan fingerprint density at radius 1 is 1.58 bits per heavy atom. The Balaban J connectivity index is 2.72. The van der Waals surface area contributed by atoms with Gasteiger partial charge in [-0.15, -0.1) is 0 Å². The smallest absolute Gasteiger partial charge is 0.425 e. The van der Waals surface area contributed by atoms with E-state index in [1.54, 1.807) is 6.07 Å². The molecule has 1 atom stereocenters. The molecule has 3 nitrogen and oxygen atoms in total. The number of halogens is 1. The van der Waals surface area contributed by atoms with Crippen molar-refractivity contribution in [2.24, 2.45) is 0 Å². The van der Waals surface area contributed by atoms with Crippen LogP contribution in [-0.2, 0) is 4.57 Å². The van der Waals surface area contributed by atoms with E-state index in [2.05, 4.69) is 15.9 Å². The van der Waals surface area contributed by atoms with E-state index in [4.69, 9.17) is 4.74 Å². The highest BCUT2D eigenvalue weighted by atomic mass is 79.9. The fourth-order valence-corrected chi connectivity index (χ4v) is 2.82. The molecule has 1 heterocycles. The van der Waals surface area contributed by atoms with Crippen LogP contribution in [0.4, 0.5) is 0 Å². The number of benzene rings is 1. The van der Waals surface area contributed by atoms with Crippen molar-refractivity contribution in [1.82, 2.24) is 0 Å². The predicted molar refractivity (Wildman–Crippen MR) is 48.5 cm³/mol. The van der Waals surface area contributed by atoms with Crippen LogP contribution in [-0.4, -0.2) is 11.5 Å². The van der Waals surface area contributed by atoms with E-state index in [0.717, 1.165) is 4.47 Å². The van der Waals surface area contributed by atoms with Crippen molar-refractivity contribution in [3.05, 3.63) is 16.6 Å². The maximum atomic E-state index is 11.3. The number of rotatable bonds is 0. The van der Waals surface area contributed by atoms with Gasteiger partial charge in [0.1, 0.15) is 0 Å². The summed E-state index contributed by atoms with van der Waals surface area (Å²) >= 11 is 3.24. The van der Waals surface area contributed by atoms with Crippen molar-refractivity contribution < 1.29 is 14.4 Å². The molecule has 5 heteroatoms. The molecular weight excluding hydrogens is 243 g/mol. The number of fused-ring (bicyclic) bond motifs is 1. The second-order valence-electron chi connectivity index (χ2n) is 2.40. The van der Waals surface area contributed by atoms with Gasteiger partial charge in [0.2, 0.25) is 0 Å². The lowest BCUT2D eigenvalue weighted by atomic mass is 10.3. The summed E-state index contributed by atoms with van der Waals surface area (Å²) < 4.78 is 17.1. The SMILES string of the molecule is O=[P+]1COc2c(Br)ccc(O)c21. The summed E-state index contributed by atoms with van der Waals surface area (Å²) in [6, 6.07) is 3.17. The highest BCUT2D eigenvalue weighted by molar-refractivity contribution is 9.10. The summed E-state index contributed by atoms with van der Waals surface area (Å²) in [6.07, 6.45) is 0.167. The fourth-order valence-electron chi connectivity index (χ4n) is 1.10. The average Bonchev–Trinajstić information content (AvgIpc) is 2.42. The van der Waals surface area contributed by atoms with Crippen molar-refractivity contribution in [3.63, 3.8) is 0 Å². The van der Waals surface area contributed by atoms with Crippen molar-refractivity contribution in [1.29, 1.82) is 0 Å². The number of aromatic hydroxyl groups is 1. The maximum Gasteiger partial charge on any atom is 0.425 e. The molecule has 0 spiro atoms. The minimum Gasteiger partial charge on any atom is -0.504 e. The van der Waals surface area contributed by atoms with Crippen LogP contribution in [0, 0.1) is 0 Å². The molecule has 1 aliphatic heterocycles. The molecule has 1 unspecified atom stereocenters. The van der Waals surface area contributed by atoms with E-state index >= 15 is 0 Å². The average molecular weight is 248 g/mol. The van der Waals surface area contributed by atoms with E-state index in [1.807, 2.05) is 0 Å². The Labute approximate surface area is 78.3 Å². The van der Waals surface area contributed by atoms with Crippen LogP contribution in [0.1, 0.15) is 0 Å². The van der Waals surface area contributed by atoms with Crippen LogP contribution in [0.25, 0.3) is 0 Å². The standard InChI is InChI=1S/C7H4BrO3P/c8-4-1-2-5(9)7-6(4)11-3-12(7)10/h1-2H,3H2/p+1. The molecule has 0 aliphatic carbocycles. The fraction of sp³-hybridized carbons (Fsp3) is 0.143. The van der Waals surface area contributed by atoms with E-state index in [-0.39, 0.29) is 12.1 Å². The van der Waals surface area contributed by atoms with Gasteiger partial charge in [0, 0.05) is 0 Å². The first-order chi connectivity index (χ1) is 5.70. The molecule has 62 valence electrons. The molecule has 0 amide bonds. The Morgan fingerprint density at radius 3 is 3.00 bits per heavy atom. The van der Waals surface area contributed by atoms with Crippen LogP contribution in [0.3, 0.4) is 0 Å². The molecular formula is C7H5BrO3P+. The van der Waals surface area contributed by atoms with Crippen molar-refractivity contribution in [2.75, 3.05) is 6.35 Å². The number of hydrogen-bond donors (Lipinski definition) is 1. The monoisotopic (exact) mass is 247 g/mol. The summed E-state index contributed by atoms with van der Waals surface area (Å²) in [5, 5.41) is 9.77. The van der Waals surface area contributed by atoms with Gasteiger partial charge in [0.25, 0.3) is 11.7 Å². The van der Waals surface area contributed by atoms with Crippen molar-refractivity contribution in [2.45, 2.75) is 0 Å². The van der Waals surface area contributed by atoms with Crippen molar-refractivity contribution in [3.8, 4) is 11.5 Å². The zero-order valence-corrected chi connectivity index (χ0v) is 8.43. The molecule has 0 fully saturated rings. The highest BCUT2D eigenvalue weighted by Gasteiger charge is 2.38. The second kappa shape index (κ2) is 2.71. The lowest BCUT2D eigenvalue weighted by molar-refractivity contribution is 0.393. The molecule has 1 aromatic carbocycles. The summed E-state index contributed by atoms with van der Waals surface area (Å²) in [7, 11) is -1.57. The zero-order chi connectivity index (χ0) is 8.72. The van der Waals surface area contributed by atoms with Gasteiger partial charge in [-0.05, 0) is 28.1 Å². The van der Waals surface area contributed by atoms with Crippen LogP contribution >= 0.6 is 23.7 Å². The molecule has 1 aliphatic rings. The molecule has 0 saturated heterocycles. The van der Waals surface area contributed by atoms with Gasteiger partial charge in [-0.25, -0.2) is 0 Å². The summed E-state index contributed by atoms with van der Waals surface area (Å²) in [6.45, 7) is 0.